The topological polar surface area (TPSA) is 192 Å². The number of rotatable bonds is 8. The van der Waals surface area contributed by atoms with Crippen LogP contribution in [0, 0.1) is 38.5 Å². The highest BCUT2D eigenvalue weighted by Crippen LogP contribution is 2.36. The van der Waals surface area contributed by atoms with Crippen molar-refractivity contribution in [2.45, 2.75) is 85.7 Å². The normalized spacial score (nSPS) is 15.1. The predicted molar refractivity (Wildman–Crippen MR) is 179 cm³/mol. The molecule has 12 nitrogen and oxygen atoms in total. The first-order chi connectivity index (χ1) is 22.5. The summed E-state index contributed by atoms with van der Waals surface area (Å²) in [6, 6.07) is 5.05. The van der Waals surface area contributed by atoms with Crippen LogP contribution in [0.2, 0.25) is 0 Å². The van der Waals surface area contributed by atoms with Gasteiger partial charge in [0.2, 0.25) is 0 Å². The molecule has 3 aliphatic carbocycles. The molecule has 0 saturated heterocycles. The van der Waals surface area contributed by atoms with E-state index in [1.54, 1.807) is 52.1 Å². The van der Waals surface area contributed by atoms with E-state index in [0.29, 0.717) is 33.8 Å². The molecule has 0 aliphatic heterocycles. The number of nitrogen functional groups attached to an aromatic ring is 1. The molecule has 0 atom stereocenters. The number of Topliss-reactive ketones (excluding diaryl/α,β-unsaturated/α-hetero) is 3. The Morgan fingerprint density at radius 1 is 0.688 bits per heavy atom. The average Bonchev–Trinajstić information content (AvgIpc) is 3.87. The number of hydrogen-bond donors (Lipinski definition) is 3. The Kier molecular flexibility index (Phi) is 11.1. The van der Waals surface area contributed by atoms with E-state index in [1.807, 2.05) is 13.8 Å². The summed E-state index contributed by atoms with van der Waals surface area (Å²) in [4.78, 5) is 70.4. The van der Waals surface area contributed by atoms with Gasteiger partial charge in [-0.2, -0.15) is 0 Å². The second-order valence-corrected chi connectivity index (χ2v) is 13.5. The fourth-order valence-electron chi connectivity index (χ4n) is 4.69. The first-order valence-corrected chi connectivity index (χ1v) is 16.1. The van der Waals surface area contributed by atoms with Crippen LogP contribution in [0.3, 0.4) is 0 Å². The van der Waals surface area contributed by atoms with Gasteiger partial charge in [-0.05, 0) is 98.3 Å². The zero-order chi connectivity index (χ0) is 35.3. The van der Waals surface area contributed by atoms with Crippen LogP contribution in [0.1, 0.15) is 118 Å². The van der Waals surface area contributed by atoms with Crippen molar-refractivity contribution in [3.8, 4) is 0 Å². The molecule has 0 spiro atoms. The van der Waals surface area contributed by atoms with Gasteiger partial charge in [-0.3, -0.25) is 34.7 Å². The van der Waals surface area contributed by atoms with Gasteiger partial charge in [0.15, 0.2) is 17.3 Å². The number of pyridine rings is 3. The third-order valence-electron chi connectivity index (χ3n) is 7.66. The number of aromatic nitrogens is 3. The highest BCUT2D eigenvalue weighted by molar-refractivity contribution is 6.08. The van der Waals surface area contributed by atoms with Crippen molar-refractivity contribution in [3.63, 3.8) is 0 Å². The van der Waals surface area contributed by atoms with Crippen molar-refractivity contribution in [1.29, 1.82) is 0 Å². The van der Waals surface area contributed by atoms with E-state index < -0.39 is 17.7 Å². The lowest BCUT2D eigenvalue weighted by molar-refractivity contribution is 0.0633. The van der Waals surface area contributed by atoms with E-state index in [9.17, 15) is 24.0 Å². The molecule has 1 amide bonds. The van der Waals surface area contributed by atoms with Gasteiger partial charge < -0.3 is 15.6 Å². The average molecular weight is 658 g/mol. The molecule has 3 saturated carbocycles. The third kappa shape index (κ3) is 10.2. The maximum Gasteiger partial charge on any atom is 0.412 e. The number of nitrogens with two attached hydrogens (primary N) is 1. The van der Waals surface area contributed by atoms with Crippen LogP contribution in [-0.2, 0) is 4.74 Å². The van der Waals surface area contributed by atoms with E-state index in [1.165, 1.54) is 12.4 Å². The summed E-state index contributed by atoms with van der Waals surface area (Å²) < 4.78 is 5.19. The standard InChI is InChI=1S/C15H20N2O3.C11H11NO3.C10H12N2O/c1-9-7-11(13(18)10-5-6-10)12(8-16-9)17-14(19)20-15(2,3)4;1-6-4-8(10(13)7-2-3-7)9(5-12-6)11(14)15;1-6-4-8(9(11)5-12-6)10(13)7-2-3-7/h7-8,10H,5-6H2,1-4H3,(H,17,19);4-5,7H,2-3H2,1H3,(H,14,15);4-5,7H,2-3,11H2,1H3. The van der Waals surface area contributed by atoms with Gasteiger partial charge in [0, 0.05) is 57.7 Å². The Labute approximate surface area is 279 Å². The Morgan fingerprint density at radius 2 is 1.10 bits per heavy atom. The maximum atomic E-state index is 12.2. The van der Waals surface area contributed by atoms with Crippen LogP contribution in [0.15, 0.2) is 36.8 Å². The zero-order valence-corrected chi connectivity index (χ0v) is 28.3. The van der Waals surface area contributed by atoms with Crippen molar-refractivity contribution in [1.82, 2.24) is 15.0 Å². The number of ketones is 3. The van der Waals surface area contributed by atoms with E-state index in [0.717, 1.165) is 49.9 Å². The summed E-state index contributed by atoms with van der Waals surface area (Å²) in [5.74, 6) is -0.543. The first-order valence-electron chi connectivity index (χ1n) is 16.1. The molecule has 12 heteroatoms. The summed E-state index contributed by atoms with van der Waals surface area (Å²) >= 11 is 0. The minimum Gasteiger partial charge on any atom is -0.478 e. The Balaban J connectivity index is 0.000000167. The number of amides is 1. The van der Waals surface area contributed by atoms with Crippen molar-refractivity contribution in [2.24, 2.45) is 17.8 Å². The smallest absolute Gasteiger partial charge is 0.412 e. The number of aryl methyl sites for hydroxylation is 3. The van der Waals surface area contributed by atoms with Crippen molar-refractivity contribution in [3.05, 3.63) is 76.1 Å². The minimum atomic E-state index is -1.09. The monoisotopic (exact) mass is 657 g/mol. The number of carbonyl (C=O) groups excluding carboxylic acids is 4. The van der Waals surface area contributed by atoms with Crippen molar-refractivity contribution < 1.29 is 33.8 Å². The van der Waals surface area contributed by atoms with Crippen LogP contribution >= 0.6 is 0 Å². The fraction of sp³-hybridized carbons (Fsp3) is 0.444. The largest absolute Gasteiger partial charge is 0.478 e. The third-order valence-corrected chi connectivity index (χ3v) is 7.66. The van der Waals surface area contributed by atoms with Gasteiger partial charge in [-0.15, -0.1) is 0 Å². The molecular weight excluding hydrogens is 614 g/mol. The Hall–Kier alpha value is -5.00. The molecule has 3 fully saturated rings. The minimum absolute atomic E-state index is 0.0116. The van der Waals surface area contributed by atoms with Crippen LogP contribution in [0.5, 0.6) is 0 Å². The molecule has 0 unspecified atom stereocenters. The van der Waals surface area contributed by atoms with E-state index in [-0.39, 0.29) is 40.7 Å². The SMILES string of the molecule is Cc1cc(C(=O)C2CC2)c(C(=O)O)cn1.Cc1cc(C(=O)C2CC2)c(N)cn1.Cc1cc(C(=O)C2CC2)c(NC(=O)OC(C)(C)C)cn1. The molecule has 48 heavy (non-hydrogen) atoms. The second kappa shape index (κ2) is 14.8. The van der Waals surface area contributed by atoms with Gasteiger partial charge >= 0.3 is 12.1 Å². The number of aromatic carboxylic acids is 1. The van der Waals surface area contributed by atoms with Crippen molar-refractivity contribution in [2.75, 3.05) is 11.1 Å². The molecule has 0 bridgehead atoms. The van der Waals surface area contributed by atoms with Gasteiger partial charge in [0.1, 0.15) is 5.60 Å². The molecule has 4 N–H and O–H groups in total. The predicted octanol–water partition coefficient (Wildman–Crippen LogP) is 6.58. The van der Waals surface area contributed by atoms with Gasteiger partial charge in [0.05, 0.1) is 29.3 Å². The zero-order valence-electron chi connectivity index (χ0n) is 28.3. The Morgan fingerprint density at radius 3 is 1.58 bits per heavy atom. The molecule has 6 rings (SSSR count). The highest BCUT2D eigenvalue weighted by Gasteiger charge is 2.34. The van der Waals surface area contributed by atoms with Crippen LogP contribution in [0.4, 0.5) is 16.2 Å². The van der Waals surface area contributed by atoms with Crippen LogP contribution < -0.4 is 11.1 Å². The molecule has 3 aliphatic rings. The first kappa shape index (κ1) is 35.8. The molecule has 3 heterocycles. The summed E-state index contributed by atoms with van der Waals surface area (Å²) in [7, 11) is 0. The van der Waals surface area contributed by atoms with Crippen LogP contribution in [0.25, 0.3) is 0 Å². The number of carboxylic acid groups (broad SMARTS) is 1. The van der Waals surface area contributed by atoms with E-state index >= 15 is 0 Å². The number of carboxylic acids is 1. The molecule has 0 radical (unpaired) electrons. The fourth-order valence-corrected chi connectivity index (χ4v) is 4.69. The number of nitrogens with zero attached hydrogens (tertiary/aromatic N) is 3. The lowest BCUT2D eigenvalue weighted by Gasteiger charge is -2.20. The number of ether oxygens (including phenoxy) is 1. The number of anilines is 2. The second-order valence-electron chi connectivity index (χ2n) is 13.5. The summed E-state index contributed by atoms with van der Waals surface area (Å²) in [6.07, 6.45) is 9.37. The van der Waals surface area contributed by atoms with Gasteiger partial charge in [-0.1, -0.05) is 0 Å². The summed E-state index contributed by atoms with van der Waals surface area (Å²) in [5.41, 5.74) is 9.76. The van der Waals surface area contributed by atoms with Crippen LogP contribution in [-0.4, -0.2) is 55.1 Å². The maximum absolute atomic E-state index is 12.2. The molecule has 3 aromatic rings. The molecule has 3 aromatic heterocycles. The Bertz CT molecular complexity index is 1730. The number of carbonyl (C=O) groups is 5. The van der Waals surface area contributed by atoms with Gasteiger partial charge in [-0.25, -0.2) is 9.59 Å². The highest BCUT2D eigenvalue weighted by atomic mass is 16.6. The van der Waals surface area contributed by atoms with Crippen molar-refractivity contribution >= 4 is 40.8 Å². The lowest BCUT2D eigenvalue weighted by Crippen LogP contribution is -2.28. The number of hydrogen-bond acceptors (Lipinski definition) is 10. The number of nitrogens with one attached hydrogen (secondary N) is 1. The lowest BCUT2D eigenvalue weighted by atomic mass is 10.0. The quantitative estimate of drug-likeness (QED) is 0.222. The molecule has 0 aromatic carbocycles. The molecular formula is C36H43N5O7. The van der Waals surface area contributed by atoms with E-state index in [4.69, 9.17) is 15.6 Å². The van der Waals surface area contributed by atoms with Gasteiger partial charge in [0.25, 0.3) is 0 Å². The molecule has 254 valence electrons. The van der Waals surface area contributed by atoms with E-state index in [2.05, 4.69) is 20.3 Å². The summed E-state index contributed by atoms with van der Waals surface area (Å²) in [5, 5.41) is 11.5. The summed E-state index contributed by atoms with van der Waals surface area (Å²) in [6.45, 7) is 10.8.